The smallest absolute Gasteiger partial charge is 0.303 e. The van der Waals surface area contributed by atoms with Crippen molar-refractivity contribution in [2.45, 2.75) is 96.8 Å². The summed E-state index contributed by atoms with van der Waals surface area (Å²) in [5.41, 5.74) is 0. The molecule has 0 amide bonds. The van der Waals surface area contributed by atoms with Crippen molar-refractivity contribution in [3.05, 3.63) is 38.5 Å². The maximum atomic E-state index is 10.3. The van der Waals surface area contributed by atoms with Crippen molar-refractivity contribution in [3.63, 3.8) is 0 Å². The van der Waals surface area contributed by atoms with Gasteiger partial charge in [-0.1, -0.05) is 70.4 Å². The van der Waals surface area contributed by atoms with Crippen LogP contribution >= 0.6 is 0 Å². The van der Waals surface area contributed by atoms with Crippen LogP contribution < -0.4 is 0 Å². The molecule has 0 spiro atoms. The lowest BCUT2D eigenvalue weighted by atomic mass is 10.1. The molecule has 0 saturated heterocycles. The Hall–Kier alpha value is -1.31. The molecule has 0 aliphatic carbocycles. The summed E-state index contributed by atoms with van der Waals surface area (Å²) in [7, 11) is 0. The van der Waals surface area contributed by atoms with Gasteiger partial charge in [-0.25, -0.2) is 0 Å². The summed E-state index contributed by atoms with van der Waals surface area (Å²) < 4.78 is 0. The summed E-state index contributed by atoms with van der Waals surface area (Å²) in [6.45, 7) is 14.3. The lowest BCUT2D eigenvalue weighted by Crippen LogP contribution is -1.93. The van der Waals surface area contributed by atoms with Crippen LogP contribution in [0.1, 0.15) is 96.8 Å². The van der Waals surface area contributed by atoms with Gasteiger partial charge < -0.3 is 5.11 Å². The van der Waals surface area contributed by atoms with Gasteiger partial charge in [-0.2, -0.15) is 0 Å². The number of rotatable bonds is 15. The molecule has 0 rings (SSSR count). The van der Waals surface area contributed by atoms with Crippen LogP contribution in [-0.4, -0.2) is 11.1 Å². The average molecular weight is 339 g/mol. The molecule has 0 bridgehead atoms. The van der Waals surface area contributed by atoms with E-state index in [9.17, 15) is 4.79 Å². The maximum Gasteiger partial charge on any atom is 0.303 e. The number of aliphatic carboxylic acids is 1. The first-order valence-corrected chi connectivity index (χ1v) is 9.64. The number of carboxylic acid groups (broad SMARTS) is 1. The third-order valence-corrected chi connectivity index (χ3v) is 3.65. The number of carboxylic acids is 1. The second-order valence-corrected chi connectivity index (χ2v) is 5.73. The summed E-state index contributed by atoms with van der Waals surface area (Å²) in [5, 5.41) is 8.51. The molecule has 142 valence electrons. The fourth-order valence-corrected chi connectivity index (χ4v) is 2.35. The fourth-order valence-electron chi connectivity index (χ4n) is 2.35. The zero-order chi connectivity index (χ0) is 18.9. The van der Waals surface area contributed by atoms with Crippen molar-refractivity contribution in [1.29, 1.82) is 0 Å². The van der Waals surface area contributed by atoms with E-state index in [1.54, 1.807) is 0 Å². The van der Waals surface area contributed by atoms with Crippen LogP contribution in [0, 0.1) is 0 Å². The zero-order valence-electron chi connectivity index (χ0n) is 16.2. The highest BCUT2D eigenvalue weighted by atomic mass is 16.4. The molecule has 0 aromatic rings. The van der Waals surface area contributed by atoms with Gasteiger partial charge in [-0.15, -0.1) is 26.3 Å². The van der Waals surface area contributed by atoms with E-state index < -0.39 is 5.97 Å². The summed E-state index contributed by atoms with van der Waals surface area (Å²) in [4.78, 5) is 10.3. The summed E-state index contributed by atoms with van der Waals surface area (Å²) in [6, 6.07) is 0. The van der Waals surface area contributed by atoms with Gasteiger partial charge in [0.2, 0.25) is 0 Å². The zero-order valence-corrected chi connectivity index (χ0v) is 16.2. The van der Waals surface area contributed by atoms with E-state index in [2.05, 4.69) is 45.4 Å². The SMILES string of the molecule is C=C.C=C.CCCCCCCCC=CCCCCCCCC(=O)O. The van der Waals surface area contributed by atoms with E-state index in [0.717, 1.165) is 12.8 Å². The first-order chi connectivity index (χ1) is 11.8. The molecule has 0 aliphatic heterocycles. The monoisotopic (exact) mass is 338 g/mol. The number of hydrogen-bond acceptors (Lipinski definition) is 1. The number of unbranched alkanes of at least 4 members (excludes halogenated alkanes) is 11. The number of carbonyl (C=O) groups is 1. The molecule has 0 atom stereocenters. The molecule has 0 heterocycles. The third kappa shape index (κ3) is 32.6. The molecule has 2 heteroatoms. The number of hydrogen-bond donors (Lipinski definition) is 1. The Labute approximate surface area is 151 Å². The fraction of sp³-hybridized carbons (Fsp3) is 0.682. The maximum absolute atomic E-state index is 10.3. The highest BCUT2D eigenvalue weighted by Crippen LogP contribution is 2.09. The lowest BCUT2D eigenvalue weighted by Gasteiger charge is -1.99. The quantitative estimate of drug-likeness (QED) is 0.245. The highest BCUT2D eigenvalue weighted by Gasteiger charge is 1.95. The minimum absolute atomic E-state index is 0.332. The van der Waals surface area contributed by atoms with Crippen LogP contribution in [0.25, 0.3) is 0 Å². The van der Waals surface area contributed by atoms with Crippen LogP contribution in [-0.2, 0) is 4.79 Å². The van der Waals surface area contributed by atoms with Crippen LogP contribution in [0.5, 0.6) is 0 Å². The summed E-state index contributed by atoms with van der Waals surface area (Å²) in [5.74, 6) is -0.664. The average Bonchev–Trinajstić information content (AvgIpc) is 2.61. The lowest BCUT2D eigenvalue weighted by molar-refractivity contribution is -0.137. The van der Waals surface area contributed by atoms with Gasteiger partial charge in [0.25, 0.3) is 0 Å². The molecule has 0 radical (unpaired) electrons. The highest BCUT2D eigenvalue weighted by molar-refractivity contribution is 5.66. The summed E-state index contributed by atoms with van der Waals surface area (Å²) in [6.07, 6.45) is 21.2. The molecule has 0 aromatic heterocycles. The van der Waals surface area contributed by atoms with E-state index in [1.165, 1.54) is 70.6 Å². The van der Waals surface area contributed by atoms with E-state index in [0.29, 0.717) is 6.42 Å². The number of allylic oxidation sites excluding steroid dienone is 2. The van der Waals surface area contributed by atoms with E-state index in [4.69, 9.17) is 5.11 Å². The second kappa shape index (κ2) is 29.7. The topological polar surface area (TPSA) is 37.3 Å². The predicted octanol–water partition coefficient (Wildman–Crippen LogP) is 7.71. The first-order valence-electron chi connectivity index (χ1n) is 9.64. The Morgan fingerprint density at radius 1 is 0.708 bits per heavy atom. The van der Waals surface area contributed by atoms with Crippen LogP contribution in [0.3, 0.4) is 0 Å². The Balaban J connectivity index is -0.00000102. The first kappa shape index (κ1) is 27.5. The van der Waals surface area contributed by atoms with Gasteiger partial charge in [-0.3, -0.25) is 4.79 Å². The molecular formula is C22H42O2. The molecular weight excluding hydrogens is 296 g/mol. The van der Waals surface area contributed by atoms with Crippen LogP contribution in [0.2, 0.25) is 0 Å². The van der Waals surface area contributed by atoms with Gasteiger partial charge in [0.05, 0.1) is 0 Å². The molecule has 24 heavy (non-hydrogen) atoms. The van der Waals surface area contributed by atoms with Crippen molar-refractivity contribution in [1.82, 2.24) is 0 Å². The Bertz CT molecular complexity index is 257. The summed E-state index contributed by atoms with van der Waals surface area (Å²) >= 11 is 0. The third-order valence-electron chi connectivity index (χ3n) is 3.65. The van der Waals surface area contributed by atoms with Crippen molar-refractivity contribution in [2.24, 2.45) is 0 Å². The van der Waals surface area contributed by atoms with Crippen LogP contribution in [0.4, 0.5) is 0 Å². The molecule has 2 nitrogen and oxygen atoms in total. The molecule has 1 N–H and O–H groups in total. The van der Waals surface area contributed by atoms with E-state index >= 15 is 0 Å². The van der Waals surface area contributed by atoms with Crippen molar-refractivity contribution in [2.75, 3.05) is 0 Å². The standard InChI is InChI=1S/C18H34O2.2C2H4/c1-2-3-4-5-6-7-8-9-10-11-12-13-14-15-16-17-18(19)20;2*1-2/h9-10H,2-8,11-17H2,1H3,(H,19,20);2*1-2H2. The normalized spacial score (nSPS) is 9.71. The van der Waals surface area contributed by atoms with E-state index in [-0.39, 0.29) is 0 Å². The van der Waals surface area contributed by atoms with Gasteiger partial charge in [-0.05, 0) is 32.1 Å². The van der Waals surface area contributed by atoms with Crippen molar-refractivity contribution < 1.29 is 9.90 Å². The van der Waals surface area contributed by atoms with Crippen LogP contribution in [0.15, 0.2) is 38.5 Å². The largest absolute Gasteiger partial charge is 0.481 e. The van der Waals surface area contributed by atoms with Gasteiger partial charge in [0, 0.05) is 6.42 Å². The molecule has 0 unspecified atom stereocenters. The molecule has 0 aromatic carbocycles. The second-order valence-electron chi connectivity index (χ2n) is 5.73. The van der Waals surface area contributed by atoms with Gasteiger partial charge in [0.1, 0.15) is 0 Å². The Morgan fingerprint density at radius 3 is 1.50 bits per heavy atom. The Kier molecular flexibility index (Phi) is 34.0. The van der Waals surface area contributed by atoms with E-state index in [1.807, 2.05) is 0 Å². The molecule has 0 aliphatic rings. The van der Waals surface area contributed by atoms with Gasteiger partial charge >= 0.3 is 5.97 Å². The Morgan fingerprint density at radius 2 is 1.08 bits per heavy atom. The molecule has 0 fully saturated rings. The predicted molar refractivity (Wildman–Crippen MR) is 110 cm³/mol. The minimum atomic E-state index is -0.664. The minimum Gasteiger partial charge on any atom is -0.481 e. The molecule has 0 saturated carbocycles. The van der Waals surface area contributed by atoms with Crippen molar-refractivity contribution in [3.8, 4) is 0 Å². The van der Waals surface area contributed by atoms with Gasteiger partial charge in [0.15, 0.2) is 0 Å². The van der Waals surface area contributed by atoms with Crippen molar-refractivity contribution >= 4 is 5.97 Å².